The van der Waals surface area contributed by atoms with Crippen molar-refractivity contribution in [2.75, 3.05) is 38.0 Å². The number of carbonyl (C=O) groups excluding carboxylic acids is 2. The van der Waals surface area contributed by atoms with E-state index in [1.165, 1.54) is 12.1 Å². The molecule has 1 aliphatic heterocycles. The van der Waals surface area contributed by atoms with Gasteiger partial charge in [0.05, 0.1) is 12.2 Å². The van der Waals surface area contributed by atoms with Gasteiger partial charge in [-0.3, -0.25) is 14.5 Å². The summed E-state index contributed by atoms with van der Waals surface area (Å²) in [7, 11) is 0. The minimum Gasteiger partial charge on any atom is -0.336 e. The van der Waals surface area contributed by atoms with E-state index in [2.05, 4.69) is 16.1 Å². The second-order valence-electron chi connectivity index (χ2n) is 6.61. The molecular weight excluding hydrogens is 321 g/mol. The van der Waals surface area contributed by atoms with E-state index in [0.717, 1.165) is 0 Å². The van der Waals surface area contributed by atoms with E-state index in [1.54, 1.807) is 11.0 Å². The van der Waals surface area contributed by atoms with Gasteiger partial charge >= 0.3 is 0 Å². The maximum Gasteiger partial charge on any atom is 0.254 e. The maximum atomic E-state index is 14.2. The number of piperazine rings is 1. The van der Waals surface area contributed by atoms with Gasteiger partial charge in [-0.05, 0) is 24.1 Å². The molecule has 134 valence electrons. The SMILES string of the molecule is C#CCN1CCN(C(=O)c2ccc(NC(=O)CC(C)C)c(F)c2)CC1. The van der Waals surface area contributed by atoms with Gasteiger partial charge in [0.15, 0.2) is 0 Å². The van der Waals surface area contributed by atoms with Crippen LogP contribution in [0.25, 0.3) is 0 Å². The molecule has 25 heavy (non-hydrogen) atoms. The first-order valence-corrected chi connectivity index (χ1v) is 8.45. The molecule has 0 atom stereocenters. The molecule has 0 saturated carbocycles. The Bertz CT molecular complexity index is 674. The Hall–Kier alpha value is -2.39. The van der Waals surface area contributed by atoms with Gasteiger partial charge in [0.2, 0.25) is 5.91 Å². The van der Waals surface area contributed by atoms with Gasteiger partial charge in [-0.25, -0.2) is 4.39 Å². The molecule has 1 aromatic carbocycles. The summed E-state index contributed by atoms with van der Waals surface area (Å²) in [6.45, 7) is 6.96. The minimum absolute atomic E-state index is 0.0982. The van der Waals surface area contributed by atoms with E-state index in [0.29, 0.717) is 39.1 Å². The highest BCUT2D eigenvalue weighted by Crippen LogP contribution is 2.18. The highest BCUT2D eigenvalue weighted by Gasteiger charge is 2.22. The lowest BCUT2D eigenvalue weighted by Gasteiger charge is -2.33. The number of rotatable bonds is 5. The maximum absolute atomic E-state index is 14.2. The standard InChI is InChI=1S/C19H24FN3O2/c1-4-7-22-8-10-23(11-9-22)19(25)15-5-6-17(16(20)13-15)21-18(24)12-14(2)3/h1,5-6,13-14H,7-12H2,2-3H3,(H,21,24). The average molecular weight is 345 g/mol. The third-order valence-electron chi connectivity index (χ3n) is 4.06. The van der Waals surface area contributed by atoms with Gasteiger partial charge in [0.25, 0.3) is 5.91 Å². The van der Waals surface area contributed by atoms with E-state index >= 15 is 0 Å². The first-order valence-electron chi connectivity index (χ1n) is 8.45. The Balaban J connectivity index is 1.99. The number of nitrogens with one attached hydrogen (secondary N) is 1. The van der Waals surface area contributed by atoms with E-state index < -0.39 is 5.82 Å². The summed E-state index contributed by atoms with van der Waals surface area (Å²) < 4.78 is 14.2. The molecule has 1 heterocycles. The molecule has 0 aliphatic carbocycles. The molecule has 1 saturated heterocycles. The van der Waals surface area contributed by atoms with Crippen LogP contribution in [0.15, 0.2) is 18.2 Å². The average Bonchev–Trinajstić information content (AvgIpc) is 2.56. The van der Waals surface area contributed by atoms with E-state index in [-0.39, 0.29) is 29.0 Å². The fourth-order valence-electron chi connectivity index (χ4n) is 2.74. The monoisotopic (exact) mass is 345 g/mol. The van der Waals surface area contributed by atoms with Crippen molar-refractivity contribution in [3.05, 3.63) is 29.6 Å². The zero-order valence-electron chi connectivity index (χ0n) is 14.7. The second kappa shape index (κ2) is 8.63. The van der Waals surface area contributed by atoms with Gasteiger partial charge < -0.3 is 10.2 Å². The molecule has 0 radical (unpaired) electrons. The lowest BCUT2D eigenvalue weighted by atomic mass is 10.1. The van der Waals surface area contributed by atoms with Gasteiger partial charge in [-0.15, -0.1) is 6.42 Å². The molecule has 1 aliphatic rings. The third-order valence-corrected chi connectivity index (χ3v) is 4.06. The fourth-order valence-corrected chi connectivity index (χ4v) is 2.74. The largest absolute Gasteiger partial charge is 0.336 e. The Labute approximate surface area is 148 Å². The van der Waals surface area contributed by atoms with Gasteiger partial charge in [0, 0.05) is 38.2 Å². The molecule has 2 rings (SSSR count). The Morgan fingerprint density at radius 3 is 2.52 bits per heavy atom. The Morgan fingerprint density at radius 1 is 1.28 bits per heavy atom. The molecule has 1 fully saturated rings. The van der Waals surface area contributed by atoms with Crippen LogP contribution in [-0.4, -0.2) is 54.3 Å². The number of benzene rings is 1. The molecule has 5 nitrogen and oxygen atoms in total. The van der Waals surface area contributed by atoms with Gasteiger partial charge in [-0.1, -0.05) is 19.8 Å². The smallest absolute Gasteiger partial charge is 0.254 e. The molecule has 6 heteroatoms. The summed E-state index contributed by atoms with van der Waals surface area (Å²) >= 11 is 0. The minimum atomic E-state index is -0.603. The number of amides is 2. The van der Waals surface area contributed by atoms with Crippen LogP contribution < -0.4 is 5.32 Å². The van der Waals surface area contributed by atoms with Crippen LogP contribution in [0.3, 0.4) is 0 Å². The lowest BCUT2D eigenvalue weighted by molar-refractivity contribution is -0.116. The molecule has 1 N–H and O–H groups in total. The van der Waals surface area contributed by atoms with Crippen LogP contribution in [0.2, 0.25) is 0 Å². The quantitative estimate of drug-likeness (QED) is 0.833. The van der Waals surface area contributed by atoms with Crippen LogP contribution >= 0.6 is 0 Å². The van der Waals surface area contributed by atoms with Gasteiger partial charge in [-0.2, -0.15) is 0 Å². The first kappa shape index (κ1) is 18.9. The predicted molar refractivity (Wildman–Crippen MR) is 95.7 cm³/mol. The number of carbonyl (C=O) groups is 2. The topological polar surface area (TPSA) is 52.6 Å². The first-order chi connectivity index (χ1) is 11.9. The van der Waals surface area contributed by atoms with Crippen LogP contribution in [0.4, 0.5) is 10.1 Å². The number of terminal acetylenes is 1. The normalized spacial score (nSPS) is 15.1. The molecule has 1 aromatic rings. The van der Waals surface area contributed by atoms with E-state index in [9.17, 15) is 14.0 Å². The molecule has 0 bridgehead atoms. The highest BCUT2D eigenvalue weighted by atomic mass is 19.1. The molecular formula is C19H24FN3O2. The number of halogens is 1. The number of nitrogens with zero attached hydrogens (tertiary/aromatic N) is 2. The summed E-state index contributed by atoms with van der Waals surface area (Å²) in [6.07, 6.45) is 5.61. The Kier molecular flexibility index (Phi) is 6.54. The fraction of sp³-hybridized carbons (Fsp3) is 0.474. The number of hydrogen-bond acceptors (Lipinski definition) is 3. The van der Waals surface area contributed by atoms with Crippen molar-refractivity contribution in [3.8, 4) is 12.3 Å². The molecule has 2 amide bonds. The third kappa shape index (κ3) is 5.30. The summed E-state index contributed by atoms with van der Waals surface area (Å²) in [4.78, 5) is 28.1. The predicted octanol–water partition coefficient (Wildman–Crippen LogP) is 2.20. The van der Waals surface area contributed by atoms with E-state index in [1.807, 2.05) is 13.8 Å². The van der Waals surface area contributed by atoms with Crippen LogP contribution in [0, 0.1) is 24.1 Å². The van der Waals surface area contributed by atoms with Crippen LogP contribution in [0.1, 0.15) is 30.6 Å². The lowest BCUT2D eigenvalue weighted by Crippen LogP contribution is -2.48. The van der Waals surface area contributed by atoms with Crippen molar-refractivity contribution >= 4 is 17.5 Å². The van der Waals surface area contributed by atoms with Crippen molar-refractivity contribution in [1.82, 2.24) is 9.80 Å². The molecule has 0 spiro atoms. The van der Waals surface area contributed by atoms with Crippen molar-refractivity contribution in [2.45, 2.75) is 20.3 Å². The zero-order valence-corrected chi connectivity index (χ0v) is 14.7. The molecule has 0 aromatic heterocycles. The van der Waals surface area contributed by atoms with Crippen LogP contribution in [-0.2, 0) is 4.79 Å². The molecule has 0 unspecified atom stereocenters. The van der Waals surface area contributed by atoms with Crippen molar-refractivity contribution in [1.29, 1.82) is 0 Å². The zero-order chi connectivity index (χ0) is 18.4. The van der Waals surface area contributed by atoms with Gasteiger partial charge in [0.1, 0.15) is 5.82 Å². The van der Waals surface area contributed by atoms with E-state index in [4.69, 9.17) is 6.42 Å². The summed E-state index contributed by atoms with van der Waals surface area (Å²) in [5.41, 5.74) is 0.380. The summed E-state index contributed by atoms with van der Waals surface area (Å²) in [5.74, 6) is 1.73. The van der Waals surface area contributed by atoms with Crippen molar-refractivity contribution < 1.29 is 14.0 Å². The summed E-state index contributed by atoms with van der Waals surface area (Å²) in [5, 5.41) is 2.54. The number of anilines is 1. The summed E-state index contributed by atoms with van der Waals surface area (Å²) in [6, 6.07) is 4.17. The Morgan fingerprint density at radius 2 is 1.96 bits per heavy atom. The van der Waals surface area contributed by atoms with Crippen molar-refractivity contribution in [3.63, 3.8) is 0 Å². The van der Waals surface area contributed by atoms with Crippen molar-refractivity contribution in [2.24, 2.45) is 5.92 Å². The second-order valence-corrected chi connectivity index (χ2v) is 6.61. The van der Waals surface area contributed by atoms with Crippen LogP contribution in [0.5, 0.6) is 0 Å². The number of hydrogen-bond donors (Lipinski definition) is 1. The highest BCUT2D eigenvalue weighted by molar-refractivity contribution is 5.96.